The molecule has 1 aromatic carbocycles. The zero-order valence-corrected chi connectivity index (χ0v) is 16.0. The van der Waals surface area contributed by atoms with Crippen molar-refractivity contribution >= 4 is 23.7 Å². The average Bonchev–Trinajstić information content (AvgIpc) is 3.25. The zero-order chi connectivity index (χ0) is 19.5. The van der Waals surface area contributed by atoms with Crippen LogP contribution in [0.2, 0.25) is 0 Å². The Kier molecular flexibility index (Phi) is 5.36. The largest absolute Gasteiger partial charge is 0.360 e. The Labute approximate surface area is 164 Å². The summed E-state index contributed by atoms with van der Waals surface area (Å²) in [7, 11) is 0. The predicted octanol–water partition coefficient (Wildman–Crippen LogP) is 1.95. The second-order valence-corrected chi connectivity index (χ2v) is 7.23. The molecular formula is C21H24N4O3. The highest BCUT2D eigenvalue weighted by Crippen LogP contribution is 2.26. The molecular weight excluding hydrogens is 356 g/mol. The summed E-state index contributed by atoms with van der Waals surface area (Å²) >= 11 is 0. The molecule has 28 heavy (non-hydrogen) atoms. The van der Waals surface area contributed by atoms with Crippen molar-refractivity contribution in [3.63, 3.8) is 0 Å². The van der Waals surface area contributed by atoms with E-state index in [0.717, 1.165) is 37.6 Å². The van der Waals surface area contributed by atoms with Gasteiger partial charge in [0.25, 0.3) is 5.91 Å². The van der Waals surface area contributed by atoms with Gasteiger partial charge < -0.3 is 4.52 Å². The molecule has 1 atom stereocenters. The van der Waals surface area contributed by atoms with Gasteiger partial charge in [-0.1, -0.05) is 47.6 Å². The second kappa shape index (κ2) is 8.08. The van der Waals surface area contributed by atoms with E-state index in [2.05, 4.69) is 39.2 Å². The minimum atomic E-state index is -0.397. The molecule has 0 N–H and O–H groups in total. The number of nitrogens with zero attached hydrogens (tertiary/aromatic N) is 4. The van der Waals surface area contributed by atoms with Crippen LogP contribution < -0.4 is 4.90 Å². The first-order valence-corrected chi connectivity index (χ1v) is 9.60. The molecule has 7 heteroatoms. The smallest absolute Gasteiger partial charge is 0.252 e. The lowest BCUT2D eigenvalue weighted by atomic mass is 10.1. The quantitative estimate of drug-likeness (QED) is 0.739. The number of carbonyl (C=O) groups is 2. The molecule has 2 fully saturated rings. The van der Waals surface area contributed by atoms with Gasteiger partial charge >= 0.3 is 0 Å². The molecule has 0 aliphatic carbocycles. The Bertz CT molecular complexity index is 869. The Hall–Kier alpha value is -2.77. The first kappa shape index (κ1) is 18.6. The van der Waals surface area contributed by atoms with E-state index in [1.165, 1.54) is 5.56 Å². The van der Waals surface area contributed by atoms with Crippen LogP contribution in [0.1, 0.15) is 17.7 Å². The highest BCUT2D eigenvalue weighted by molar-refractivity contribution is 6.21. The van der Waals surface area contributed by atoms with Crippen molar-refractivity contribution in [1.82, 2.24) is 15.0 Å². The maximum atomic E-state index is 12.8. The summed E-state index contributed by atoms with van der Waals surface area (Å²) < 4.78 is 5.01. The summed E-state index contributed by atoms with van der Waals surface area (Å²) in [6.45, 7) is 5.92. The Morgan fingerprint density at radius 1 is 1.14 bits per heavy atom. The molecule has 2 aromatic rings. The van der Waals surface area contributed by atoms with Crippen molar-refractivity contribution in [1.29, 1.82) is 0 Å². The van der Waals surface area contributed by atoms with Gasteiger partial charge in [-0.25, -0.2) is 4.90 Å². The summed E-state index contributed by atoms with van der Waals surface area (Å²) in [6, 6.07) is 11.5. The van der Waals surface area contributed by atoms with Crippen LogP contribution in [0.5, 0.6) is 0 Å². The molecule has 0 unspecified atom stereocenters. The fourth-order valence-corrected chi connectivity index (χ4v) is 3.76. The SMILES string of the molecule is Cc1cc(N2C(=O)C[C@@H](N3CCN(C/C=C/c4ccccc4)CC3)C2=O)no1. The normalized spacial score (nSPS) is 21.9. The van der Waals surface area contributed by atoms with Crippen LogP contribution >= 0.6 is 0 Å². The predicted molar refractivity (Wildman–Crippen MR) is 106 cm³/mol. The molecule has 2 saturated heterocycles. The van der Waals surface area contributed by atoms with Crippen molar-refractivity contribution in [2.45, 2.75) is 19.4 Å². The van der Waals surface area contributed by atoms with Crippen LogP contribution in [0.4, 0.5) is 5.82 Å². The summed E-state index contributed by atoms with van der Waals surface area (Å²) in [5, 5.41) is 3.82. The number of imide groups is 1. The van der Waals surface area contributed by atoms with E-state index in [0.29, 0.717) is 11.6 Å². The lowest BCUT2D eigenvalue weighted by molar-refractivity contribution is -0.123. The van der Waals surface area contributed by atoms with E-state index < -0.39 is 6.04 Å². The van der Waals surface area contributed by atoms with Crippen molar-refractivity contribution in [3.05, 3.63) is 53.8 Å². The van der Waals surface area contributed by atoms with Crippen LogP contribution in [-0.4, -0.2) is 65.5 Å². The highest BCUT2D eigenvalue weighted by Gasteiger charge is 2.44. The Morgan fingerprint density at radius 2 is 1.89 bits per heavy atom. The lowest BCUT2D eigenvalue weighted by Gasteiger charge is -2.36. The van der Waals surface area contributed by atoms with Crippen LogP contribution in [0.3, 0.4) is 0 Å². The van der Waals surface area contributed by atoms with Crippen LogP contribution in [0.15, 0.2) is 47.0 Å². The lowest BCUT2D eigenvalue weighted by Crippen LogP contribution is -2.52. The number of benzene rings is 1. The number of rotatable bonds is 5. The minimum absolute atomic E-state index is 0.198. The van der Waals surface area contributed by atoms with Gasteiger partial charge in [-0.05, 0) is 12.5 Å². The summed E-state index contributed by atoms with van der Waals surface area (Å²) in [6.07, 6.45) is 4.51. The number of aromatic nitrogens is 1. The van der Waals surface area contributed by atoms with E-state index in [9.17, 15) is 9.59 Å². The molecule has 0 radical (unpaired) electrons. The third kappa shape index (κ3) is 3.90. The number of aryl methyl sites for hydroxylation is 1. The number of amides is 2. The second-order valence-electron chi connectivity index (χ2n) is 7.23. The van der Waals surface area contributed by atoms with E-state index >= 15 is 0 Å². The van der Waals surface area contributed by atoms with Crippen LogP contribution in [0.25, 0.3) is 6.08 Å². The molecule has 0 saturated carbocycles. The third-order valence-electron chi connectivity index (χ3n) is 5.29. The summed E-state index contributed by atoms with van der Waals surface area (Å²) in [5.41, 5.74) is 1.19. The van der Waals surface area contributed by atoms with E-state index in [1.54, 1.807) is 13.0 Å². The molecule has 146 valence electrons. The third-order valence-corrected chi connectivity index (χ3v) is 5.29. The first-order valence-electron chi connectivity index (χ1n) is 9.60. The van der Waals surface area contributed by atoms with E-state index in [4.69, 9.17) is 4.52 Å². The van der Waals surface area contributed by atoms with Crippen LogP contribution in [-0.2, 0) is 9.59 Å². The number of anilines is 1. The molecule has 2 aliphatic rings. The van der Waals surface area contributed by atoms with Crippen molar-refractivity contribution in [2.24, 2.45) is 0 Å². The molecule has 3 heterocycles. The number of carbonyl (C=O) groups excluding carboxylic acids is 2. The minimum Gasteiger partial charge on any atom is -0.360 e. The Balaban J connectivity index is 1.31. The molecule has 0 spiro atoms. The summed E-state index contributed by atoms with van der Waals surface area (Å²) in [4.78, 5) is 30.8. The van der Waals surface area contributed by atoms with Crippen molar-refractivity contribution < 1.29 is 14.1 Å². The first-order chi connectivity index (χ1) is 13.6. The van der Waals surface area contributed by atoms with Gasteiger partial charge in [0.05, 0.1) is 12.5 Å². The molecule has 7 nitrogen and oxygen atoms in total. The van der Waals surface area contributed by atoms with Crippen LogP contribution in [0, 0.1) is 6.92 Å². The fraction of sp³-hybridized carbons (Fsp3) is 0.381. The summed E-state index contributed by atoms with van der Waals surface area (Å²) in [5.74, 6) is 0.461. The van der Waals surface area contributed by atoms with E-state index in [-0.39, 0.29) is 18.2 Å². The van der Waals surface area contributed by atoms with Crippen molar-refractivity contribution in [2.75, 3.05) is 37.6 Å². The molecule has 2 amide bonds. The number of hydrogen-bond donors (Lipinski definition) is 0. The number of hydrogen-bond acceptors (Lipinski definition) is 6. The van der Waals surface area contributed by atoms with Gasteiger partial charge in [-0.15, -0.1) is 0 Å². The number of piperazine rings is 1. The van der Waals surface area contributed by atoms with Gasteiger partial charge in [-0.2, -0.15) is 0 Å². The van der Waals surface area contributed by atoms with Gasteiger partial charge in [0.15, 0.2) is 5.82 Å². The monoisotopic (exact) mass is 380 g/mol. The van der Waals surface area contributed by atoms with E-state index in [1.807, 2.05) is 18.2 Å². The van der Waals surface area contributed by atoms with Gasteiger partial charge in [0.1, 0.15) is 5.76 Å². The molecule has 2 aliphatic heterocycles. The van der Waals surface area contributed by atoms with Gasteiger partial charge in [-0.3, -0.25) is 19.4 Å². The zero-order valence-electron chi connectivity index (χ0n) is 16.0. The topological polar surface area (TPSA) is 69.9 Å². The standard InChI is InChI=1S/C21H24N4O3/c1-16-14-19(22-28-16)25-20(26)15-18(21(25)27)24-12-10-23(11-13-24)9-5-8-17-6-3-2-4-7-17/h2-8,14,18H,9-13,15H2,1H3/b8-5+/t18-/m1/s1. The van der Waals surface area contributed by atoms with Gasteiger partial charge in [0, 0.05) is 38.8 Å². The fourth-order valence-electron chi connectivity index (χ4n) is 3.76. The van der Waals surface area contributed by atoms with Crippen molar-refractivity contribution in [3.8, 4) is 0 Å². The molecule has 4 rings (SSSR count). The van der Waals surface area contributed by atoms with Gasteiger partial charge in [0.2, 0.25) is 5.91 Å². The maximum Gasteiger partial charge on any atom is 0.252 e. The maximum absolute atomic E-state index is 12.8. The molecule has 1 aromatic heterocycles. The average molecular weight is 380 g/mol. The Morgan fingerprint density at radius 3 is 2.57 bits per heavy atom. The highest BCUT2D eigenvalue weighted by atomic mass is 16.5. The molecule has 0 bridgehead atoms.